The Balaban J connectivity index is 2.70. The SMILES string of the molecule is C[C@H](O)c1nc(CC(C)(C)C)no1. The second kappa shape index (κ2) is 3.46. The van der Waals surface area contributed by atoms with Crippen molar-refractivity contribution in [2.75, 3.05) is 0 Å². The molecule has 0 unspecified atom stereocenters. The molecule has 0 amide bonds. The lowest BCUT2D eigenvalue weighted by molar-refractivity contribution is 0.151. The summed E-state index contributed by atoms with van der Waals surface area (Å²) in [5.41, 5.74) is 0.139. The van der Waals surface area contributed by atoms with Crippen molar-refractivity contribution in [2.24, 2.45) is 5.41 Å². The summed E-state index contributed by atoms with van der Waals surface area (Å²) in [5, 5.41) is 12.9. The smallest absolute Gasteiger partial charge is 0.255 e. The van der Waals surface area contributed by atoms with Gasteiger partial charge in [0.2, 0.25) is 0 Å². The summed E-state index contributed by atoms with van der Waals surface area (Å²) in [6, 6.07) is 0. The Morgan fingerprint density at radius 3 is 2.46 bits per heavy atom. The second-order valence-corrected chi connectivity index (χ2v) is 4.46. The molecule has 1 atom stereocenters. The second-order valence-electron chi connectivity index (χ2n) is 4.46. The van der Waals surface area contributed by atoms with Gasteiger partial charge >= 0.3 is 0 Å². The van der Waals surface area contributed by atoms with Gasteiger partial charge in [-0.05, 0) is 12.3 Å². The highest BCUT2D eigenvalue weighted by molar-refractivity contribution is 4.91. The maximum atomic E-state index is 9.14. The van der Waals surface area contributed by atoms with Crippen LogP contribution in [-0.4, -0.2) is 15.2 Å². The molecule has 0 aliphatic rings. The summed E-state index contributed by atoms with van der Waals surface area (Å²) in [5.74, 6) is 0.947. The zero-order chi connectivity index (χ0) is 10.1. The van der Waals surface area contributed by atoms with Crippen LogP contribution in [0.1, 0.15) is 45.5 Å². The molecule has 0 saturated carbocycles. The van der Waals surface area contributed by atoms with Crippen LogP contribution in [-0.2, 0) is 6.42 Å². The van der Waals surface area contributed by atoms with Gasteiger partial charge in [-0.1, -0.05) is 25.9 Å². The molecule has 0 aromatic carbocycles. The summed E-state index contributed by atoms with van der Waals surface area (Å²) >= 11 is 0. The third-order valence-corrected chi connectivity index (χ3v) is 1.53. The molecule has 1 N–H and O–H groups in total. The van der Waals surface area contributed by atoms with Crippen LogP contribution in [0.2, 0.25) is 0 Å². The van der Waals surface area contributed by atoms with Crippen molar-refractivity contribution >= 4 is 0 Å². The summed E-state index contributed by atoms with van der Waals surface area (Å²) in [4.78, 5) is 4.07. The first kappa shape index (κ1) is 10.2. The summed E-state index contributed by atoms with van der Waals surface area (Å²) in [6.45, 7) is 7.91. The van der Waals surface area contributed by atoms with Crippen molar-refractivity contribution in [3.8, 4) is 0 Å². The van der Waals surface area contributed by atoms with Crippen molar-refractivity contribution in [3.05, 3.63) is 11.7 Å². The van der Waals surface area contributed by atoms with Gasteiger partial charge in [0.25, 0.3) is 5.89 Å². The largest absolute Gasteiger partial charge is 0.384 e. The van der Waals surface area contributed by atoms with Gasteiger partial charge in [-0.15, -0.1) is 0 Å². The first-order chi connectivity index (χ1) is 5.88. The minimum absolute atomic E-state index is 0.139. The Hall–Kier alpha value is -0.900. The van der Waals surface area contributed by atoms with E-state index in [1.54, 1.807) is 6.92 Å². The van der Waals surface area contributed by atoms with E-state index in [-0.39, 0.29) is 5.41 Å². The van der Waals surface area contributed by atoms with Crippen LogP contribution in [0.4, 0.5) is 0 Å². The molecule has 0 radical (unpaired) electrons. The van der Waals surface area contributed by atoms with Gasteiger partial charge in [0.1, 0.15) is 6.10 Å². The zero-order valence-electron chi connectivity index (χ0n) is 8.53. The Kier molecular flexibility index (Phi) is 2.71. The average Bonchev–Trinajstić information content (AvgIpc) is 2.31. The Morgan fingerprint density at radius 2 is 2.08 bits per heavy atom. The van der Waals surface area contributed by atoms with Gasteiger partial charge in [0, 0.05) is 6.42 Å². The lowest BCUT2D eigenvalue weighted by atomic mass is 9.92. The fourth-order valence-electron chi connectivity index (χ4n) is 0.983. The topological polar surface area (TPSA) is 59.2 Å². The van der Waals surface area contributed by atoms with Crippen LogP contribution < -0.4 is 0 Å². The predicted molar refractivity (Wildman–Crippen MR) is 48.1 cm³/mol. The molecule has 4 heteroatoms. The number of rotatable bonds is 2. The summed E-state index contributed by atoms with van der Waals surface area (Å²) in [7, 11) is 0. The number of aliphatic hydroxyl groups excluding tert-OH is 1. The van der Waals surface area contributed by atoms with E-state index in [2.05, 4.69) is 30.9 Å². The van der Waals surface area contributed by atoms with E-state index < -0.39 is 6.10 Å². The normalized spacial score (nSPS) is 14.5. The molecule has 0 aliphatic heterocycles. The third-order valence-electron chi connectivity index (χ3n) is 1.53. The molecule has 4 nitrogen and oxygen atoms in total. The predicted octanol–water partition coefficient (Wildman–Crippen LogP) is 1.71. The third kappa shape index (κ3) is 3.14. The molecule has 0 aliphatic carbocycles. The van der Waals surface area contributed by atoms with Gasteiger partial charge in [-0.2, -0.15) is 4.98 Å². The fourth-order valence-corrected chi connectivity index (χ4v) is 0.983. The minimum atomic E-state index is -0.679. The number of hydrogen-bond acceptors (Lipinski definition) is 4. The van der Waals surface area contributed by atoms with Crippen molar-refractivity contribution in [3.63, 3.8) is 0 Å². The molecule has 1 aromatic heterocycles. The quantitative estimate of drug-likeness (QED) is 0.760. The van der Waals surface area contributed by atoms with E-state index in [0.717, 1.165) is 6.42 Å². The van der Waals surface area contributed by atoms with E-state index in [4.69, 9.17) is 9.63 Å². The average molecular weight is 184 g/mol. The van der Waals surface area contributed by atoms with Gasteiger partial charge < -0.3 is 9.63 Å². The van der Waals surface area contributed by atoms with Gasteiger partial charge in [0.05, 0.1) is 0 Å². The molecule has 1 rings (SSSR count). The number of nitrogens with zero attached hydrogens (tertiary/aromatic N) is 2. The van der Waals surface area contributed by atoms with Crippen LogP contribution in [0.5, 0.6) is 0 Å². The van der Waals surface area contributed by atoms with E-state index in [0.29, 0.717) is 11.7 Å². The van der Waals surface area contributed by atoms with Crippen LogP contribution in [0.3, 0.4) is 0 Å². The molecule has 0 spiro atoms. The minimum Gasteiger partial charge on any atom is -0.384 e. The first-order valence-electron chi connectivity index (χ1n) is 4.39. The maximum absolute atomic E-state index is 9.14. The van der Waals surface area contributed by atoms with Gasteiger partial charge in [0.15, 0.2) is 5.82 Å². The monoisotopic (exact) mass is 184 g/mol. The van der Waals surface area contributed by atoms with Crippen molar-refractivity contribution in [1.82, 2.24) is 10.1 Å². The van der Waals surface area contributed by atoms with Crippen molar-refractivity contribution in [2.45, 2.75) is 40.2 Å². The molecule has 1 aromatic rings. The molecule has 13 heavy (non-hydrogen) atoms. The molecular formula is C9H16N2O2. The number of hydrogen-bond donors (Lipinski definition) is 1. The highest BCUT2D eigenvalue weighted by Crippen LogP contribution is 2.19. The van der Waals surface area contributed by atoms with Crippen LogP contribution in [0.25, 0.3) is 0 Å². The highest BCUT2D eigenvalue weighted by atomic mass is 16.5. The fraction of sp³-hybridized carbons (Fsp3) is 0.778. The lowest BCUT2D eigenvalue weighted by Crippen LogP contribution is -2.10. The van der Waals surface area contributed by atoms with Gasteiger partial charge in [-0.25, -0.2) is 0 Å². The first-order valence-corrected chi connectivity index (χ1v) is 4.39. The van der Waals surface area contributed by atoms with Crippen LogP contribution >= 0.6 is 0 Å². The molecule has 0 saturated heterocycles. The zero-order valence-corrected chi connectivity index (χ0v) is 8.53. The van der Waals surface area contributed by atoms with E-state index in [1.807, 2.05) is 0 Å². The Labute approximate surface area is 78.0 Å². The van der Waals surface area contributed by atoms with Crippen LogP contribution in [0.15, 0.2) is 4.52 Å². The van der Waals surface area contributed by atoms with Crippen LogP contribution in [0, 0.1) is 5.41 Å². The summed E-state index contributed by atoms with van der Waals surface area (Å²) in [6.07, 6.45) is 0.0738. The van der Waals surface area contributed by atoms with Crippen molar-refractivity contribution in [1.29, 1.82) is 0 Å². The molecule has 0 bridgehead atoms. The van der Waals surface area contributed by atoms with Crippen molar-refractivity contribution < 1.29 is 9.63 Å². The van der Waals surface area contributed by atoms with E-state index in [1.165, 1.54) is 0 Å². The number of aromatic nitrogens is 2. The van der Waals surface area contributed by atoms with E-state index >= 15 is 0 Å². The molecular weight excluding hydrogens is 168 g/mol. The standard InChI is InChI=1S/C9H16N2O2/c1-6(12)8-10-7(11-13-8)5-9(2,3)4/h6,12H,5H2,1-4H3/t6-/m0/s1. The van der Waals surface area contributed by atoms with E-state index in [9.17, 15) is 0 Å². The summed E-state index contributed by atoms with van der Waals surface area (Å²) < 4.78 is 4.86. The number of aliphatic hydroxyl groups is 1. The Morgan fingerprint density at radius 1 is 1.46 bits per heavy atom. The highest BCUT2D eigenvalue weighted by Gasteiger charge is 2.17. The molecule has 0 fully saturated rings. The lowest BCUT2D eigenvalue weighted by Gasteiger charge is -2.14. The maximum Gasteiger partial charge on any atom is 0.255 e. The van der Waals surface area contributed by atoms with Gasteiger partial charge in [-0.3, -0.25) is 0 Å². The molecule has 74 valence electrons. The Bertz CT molecular complexity index is 273. The molecule has 1 heterocycles.